The van der Waals surface area contributed by atoms with Crippen molar-refractivity contribution in [2.45, 2.75) is 12.6 Å². The monoisotopic (exact) mass is 387 g/mol. The highest BCUT2D eigenvalue weighted by Gasteiger charge is 2.35. The molecule has 0 aliphatic carbocycles. The largest absolute Gasteiger partial charge is 0.451 e. The maximum Gasteiger partial charge on any atom is 0.451 e. The van der Waals surface area contributed by atoms with Crippen LogP contribution in [0.25, 0.3) is 10.6 Å². The Kier molecular flexibility index (Phi) is 4.73. The molecule has 0 spiro atoms. The van der Waals surface area contributed by atoms with Gasteiger partial charge in [-0.05, 0) is 6.07 Å². The third kappa shape index (κ3) is 4.15. The number of nitrogens with one attached hydrogen (secondary N) is 2. The summed E-state index contributed by atoms with van der Waals surface area (Å²) < 4.78 is 37.2. The van der Waals surface area contributed by atoms with Crippen LogP contribution in [0.5, 0.6) is 0 Å². The van der Waals surface area contributed by atoms with Gasteiger partial charge >= 0.3 is 6.18 Å². The quantitative estimate of drug-likeness (QED) is 0.713. The smallest absolute Gasteiger partial charge is 0.293 e. The molecule has 0 radical (unpaired) electrons. The van der Waals surface area contributed by atoms with Gasteiger partial charge in [0.15, 0.2) is 0 Å². The van der Waals surface area contributed by atoms with E-state index in [1.807, 2.05) is 6.07 Å². The van der Waals surface area contributed by atoms with Crippen LogP contribution >= 0.6 is 22.9 Å². The normalized spacial score (nSPS) is 11.5. The molecule has 0 aliphatic rings. The molecule has 0 fully saturated rings. The number of alkyl halides is 3. The lowest BCUT2D eigenvalue weighted by molar-refractivity contribution is -0.144. The third-order valence-corrected chi connectivity index (χ3v) is 4.26. The molecule has 11 heteroatoms. The molecule has 3 rings (SSSR count). The molecule has 1 amide bonds. The molecule has 6 nitrogen and oxygen atoms in total. The summed E-state index contributed by atoms with van der Waals surface area (Å²) in [6.45, 7) is 0. The summed E-state index contributed by atoms with van der Waals surface area (Å²) in [6, 6.07) is 7.14. The standard InChI is InChI=1S/C14H9ClF3N5OS/c15-9-4-2-1-3-8(9)11-19-7(6-25-11)5-10(24)20-13-21-12(22-23-13)14(16,17)18/h1-4,6H,5H2,(H2,20,21,22,23,24). The van der Waals surface area contributed by atoms with Gasteiger partial charge in [0.25, 0.3) is 0 Å². The first-order chi connectivity index (χ1) is 11.8. The van der Waals surface area contributed by atoms with Crippen LogP contribution in [0, 0.1) is 0 Å². The molecule has 0 saturated heterocycles. The summed E-state index contributed by atoms with van der Waals surface area (Å²) in [5.74, 6) is -2.31. The van der Waals surface area contributed by atoms with Crippen LogP contribution in [0.3, 0.4) is 0 Å². The maximum atomic E-state index is 12.4. The van der Waals surface area contributed by atoms with Gasteiger partial charge in [-0.3, -0.25) is 15.2 Å². The number of rotatable bonds is 4. The van der Waals surface area contributed by atoms with Crippen LogP contribution in [0.1, 0.15) is 11.5 Å². The molecule has 0 atom stereocenters. The zero-order valence-electron chi connectivity index (χ0n) is 12.3. The first kappa shape index (κ1) is 17.4. The summed E-state index contributed by atoms with van der Waals surface area (Å²) in [5.41, 5.74) is 1.20. The lowest BCUT2D eigenvalue weighted by atomic mass is 10.2. The van der Waals surface area contributed by atoms with E-state index in [9.17, 15) is 18.0 Å². The van der Waals surface area contributed by atoms with Gasteiger partial charge in [0.05, 0.1) is 17.1 Å². The van der Waals surface area contributed by atoms with Crippen molar-refractivity contribution in [1.82, 2.24) is 20.2 Å². The van der Waals surface area contributed by atoms with Crippen molar-refractivity contribution in [2.24, 2.45) is 0 Å². The molecule has 0 unspecified atom stereocenters. The highest BCUT2D eigenvalue weighted by Crippen LogP contribution is 2.30. The number of aromatic nitrogens is 4. The van der Waals surface area contributed by atoms with E-state index in [1.165, 1.54) is 11.3 Å². The van der Waals surface area contributed by atoms with Gasteiger partial charge < -0.3 is 0 Å². The third-order valence-electron chi connectivity index (χ3n) is 3.00. The Hall–Kier alpha value is -2.46. The zero-order chi connectivity index (χ0) is 18.0. The Balaban J connectivity index is 1.66. The van der Waals surface area contributed by atoms with E-state index in [2.05, 4.69) is 20.4 Å². The fraction of sp³-hybridized carbons (Fsp3) is 0.143. The van der Waals surface area contributed by atoms with Gasteiger partial charge in [0.1, 0.15) is 5.01 Å². The topological polar surface area (TPSA) is 83.6 Å². The number of carbonyl (C=O) groups excluding carboxylic acids is 1. The minimum absolute atomic E-state index is 0.128. The predicted molar refractivity (Wildman–Crippen MR) is 86.3 cm³/mol. The molecule has 0 aliphatic heterocycles. The lowest BCUT2D eigenvalue weighted by Crippen LogP contribution is -2.16. The van der Waals surface area contributed by atoms with Crippen molar-refractivity contribution < 1.29 is 18.0 Å². The van der Waals surface area contributed by atoms with Gasteiger partial charge in [-0.2, -0.15) is 18.2 Å². The second-order valence-electron chi connectivity index (χ2n) is 4.85. The number of thiazole rings is 1. The minimum atomic E-state index is -4.66. The van der Waals surface area contributed by atoms with E-state index >= 15 is 0 Å². The SMILES string of the molecule is O=C(Cc1csc(-c2ccccc2Cl)n1)Nc1n[nH]c(C(F)(F)F)n1. The van der Waals surface area contributed by atoms with E-state index < -0.39 is 23.9 Å². The fourth-order valence-electron chi connectivity index (χ4n) is 1.92. The number of nitrogens with zero attached hydrogens (tertiary/aromatic N) is 3. The van der Waals surface area contributed by atoms with Crippen molar-refractivity contribution in [1.29, 1.82) is 0 Å². The summed E-state index contributed by atoms with van der Waals surface area (Å²) in [6.07, 6.45) is -4.79. The highest BCUT2D eigenvalue weighted by atomic mass is 35.5. The second-order valence-corrected chi connectivity index (χ2v) is 6.12. The maximum absolute atomic E-state index is 12.4. The average Bonchev–Trinajstić information content (AvgIpc) is 3.17. The first-order valence-corrected chi connectivity index (χ1v) is 8.07. The Morgan fingerprint density at radius 3 is 2.72 bits per heavy atom. The van der Waals surface area contributed by atoms with E-state index in [0.29, 0.717) is 15.7 Å². The second kappa shape index (κ2) is 6.81. The van der Waals surface area contributed by atoms with Crippen LogP contribution in [0.2, 0.25) is 5.02 Å². The van der Waals surface area contributed by atoms with Crippen molar-refractivity contribution in [3.63, 3.8) is 0 Å². The van der Waals surface area contributed by atoms with Crippen LogP contribution in [0.4, 0.5) is 19.1 Å². The Bertz CT molecular complexity index is 908. The summed E-state index contributed by atoms with van der Waals surface area (Å²) >= 11 is 7.41. The zero-order valence-corrected chi connectivity index (χ0v) is 13.8. The Morgan fingerprint density at radius 1 is 1.28 bits per heavy atom. The minimum Gasteiger partial charge on any atom is -0.293 e. The average molecular weight is 388 g/mol. The number of H-pyrrole nitrogens is 1. The number of halogens is 4. The van der Waals surface area contributed by atoms with Crippen LogP contribution in [-0.4, -0.2) is 26.1 Å². The Morgan fingerprint density at radius 2 is 2.04 bits per heavy atom. The molecular formula is C14H9ClF3N5OS. The molecule has 25 heavy (non-hydrogen) atoms. The molecule has 0 bridgehead atoms. The first-order valence-electron chi connectivity index (χ1n) is 6.81. The fourth-order valence-corrected chi connectivity index (χ4v) is 3.06. The van der Waals surface area contributed by atoms with Crippen molar-refractivity contribution in [2.75, 3.05) is 5.32 Å². The number of aromatic amines is 1. The van der Waals surface area contributed by atoms with Crippen LogP contribution < -0.4 is 5.32 Å². The van der Waals surface area contributed by atoms with Gasteiger partial charge in [0.2, 0.25) is 17.7 Å². The van der Waals surface area contributed by atoms with E-state index in [0.717, 1.165) is 5.56 Å². The number of hydrogen-bond donors (Lipinski definition) is 2. The summed E-state index contributed by atoms with van der Waals surface area (Å²) in [7, 11) is 0. The predicted octanol–water partition coefficient (Wildman–Crippen LogP) is 3.78. The van der Waals surface area contributed by atoms with E-state index in [1.54, 1.807) is 28.7 Å². The van der Waals surface area contributed by atoms with Crippen LogP contribution in [-0.2, 0) is 17.4 Å². The van der Waals surface area contributed by atoms with Gasteiger partial charge in [-0.1, -0.05) is 29.8 Å². The number of amides is 1. The molecule has 130 valence electrons. The number of anilines is 1. The summed E-state index contributed by atoms with van der Waals surface area (Å²) in [4.78, 5) is 19.4. The molecule has 2 aromatic heterocycles. The number of benzene rings is 1. The molecular weight excluding hydrogens is 379 g/mol. The van der Waals surface area contributed by atoms with Crippen molar-refractivity contribution in [3.8, 4) is 10.6 Å². The van der Waals surface area contributed by atoms with E-state index in [4.69, 9.17) is 11.6 Å². The molecule has 0 saturated carbocycles. The molecule has 1 aromatic carbocycles. The lowest BCUT2D eigenvalue weighted by Gasteiger charge is -2.00. The van der Waals surface area contributed by atoms with Crippen LogP contribution in [0.15, 0.2) is 29.6 Å². The molecule has 2 heterocycles. The highest BCUT2D eigenvalue weighted by molar-refractivity contribution is 7.13. The van der Waals surface area contributed by atoms with E-state index in [-0.39, 0.29) is 6.42 Å². The molecule has 3 aromatic rings. The van der Waals surface area contributed by atoms with Crippen molar-refractivity contribution in [3.05, 3.63) is 46.2 Å². The number of carbonyl (C=O) groups is 1. The van der Waals surface area contributed by atoms with Gasteiger partial charge in [-0.25, -0.2) is 4.98 Å². The van der Waals surface area contributed by atoms with Gasteiger partial charge in [0, 0.05) is 10.9 Å². The summed E-state index contributed by atoms with van der Waals surface area (Å²) in [5, 5.41) is 10.1. The molecule has 2 N–H and O–H groups in total. The van der Waals surface area contributed by atoms with Crippen molar-refractivity contribution >= 4 is 34.8 Å². The number of hydrogen-bond acceptors (Lipinski definition) is 5. The Labute approximate surface area is 148 Å². The van der Waals surface area contributed by atoms with Gasteiger partial charge in [-0.15, -0.1) is 16.4 Å².